The molecule has 0 unspecified atom stereocenters. The molecule has 4 heteroatoms. The van der Waals surface area contributed by atoms with Gasteiger partial charge in [0.15, 0.2) is 5.13 Å². The predicted molar refractivity (Wildman–Crippen MR) is 94.4 cm³/mol. The van der Waals surface area contributed by atoms with Crippen LogP contribution >= 0.6 is 11.3 Å². The van der Waals surface area contributed by atoms with E-state index < -0.39 is 0 Å². The molecule has 0 saturated heterocycles. The number of aromatic amines is 1. The van der Waals surface area contributed by atoms with Gasteiger partial charge in [0.25, 0.3) is 0 Å². The molecule has 2 N–H and O–H groups in total. The van der Waals surface area contributed by atoms with Gasteiger partial charge in [0, 0.05) is 28.9 Å². The van der Waals surface area contributed by atoms with Crippen LogP contribution in [0.15, 0.2) is 60.0 Å². The summed E-state index contributed by atoms with van der Waals surface area (Å²) < 4.78 is 0. The van der Waals surface area contributed by atoms with E-state index in [0.717, 1.165) is 22.0 Å². The Balaban J connectivity index is 2.02. The van der Waals surface area contributed by atoms with E-state index in [2.05, 4.69) is 64.2 Å². The van der Waals surface area contributed by atoms with E-state index >= 15 is 0 Å². The van der Waals surface area contributed by atoms with Crippen LogP contribution in [0.25, 0.3) is 33.4 Å². The Morgan fingerprint density at radius 3 is 2.55 bits per heavy atom. The molecule has 3 nitrogen and oxygen atoms in total. The Hall–Kier alpha value is -2.59. The summed E-state index contributed by atoms with van der Waals surface area (Å²) in [5, 5.41) is 7.35. The summed E-state index contributed by atoms with van der Waals surface area (Å²) in [5.74, 6) is 0. The maximum atomic E-state index is 4.69. The van der Waals surface area contributed by atoms with Crippen molar-refractivity contribution >= 4 is 27.4 Å². The molecule has 0 bridgehead atoms. The summed E-state index contributed by atoms with van der Waals surface area (Å²) in [7, 11) is 1.90. The van der Waals surface area contributed by atoms with Gasteiger partial charge in [0.2, 0.25) is 0 Å². The Kier molecular flexibility index (Phi) is 3.16. The molecule has 0 atom stereocenters. The van der Waals surface area contributed by atoms with Crippen molar-refractivity contribution in [2.45, 2.75) is 0 Å². The number of fused-ring (bicyclic) bond motifs is 1. The van der Waals surface area contributed by atoms with Gasteiger partial charge < -0.3 is 10.3 Å². The van der Waals surface area contributed by atoms with E-state index in [1.165, 1.54) is 16.5 Å². The van der Waals surface area contributed by atoms with Crippen LogP contribution in [0, 0.1) is 0 Å². The van der Waals surface area contributed by atoms with Crippen LogP contribution in [-0.2, 0) is 0 Å². The monoisotopic (exact) mass is 305 g/mol. The summed E-state index contributed by atoms with van der Waals surface area (Å²) in [5.41, 5.74) is 5.60. The largest absolute Gasteiger partial charge is 0.365 e. The molecule has 2 aromatic carbocycles. The SMILES string of the molecule is CNc1nc(-c2c(-c3ccccc3)[nH]c3ccccc23)cs1. The highest BCUT2D eigenvalue weighted by molar-refractivity contribution is 7.14. The highest BCUT2D eigenvalue weighted by Crippen LogP contribution is 2.39. The fourth-order valence-corrected chi connectivity index (χ4v) is 3.40. The highest BCUT2D eigenvalue weighted by atomic mass is 32.1. The molecule has 2 heterocycles. The number of rotatable bonds is 3. The maximum absolute atomic E-state index is 4.69. The van der Waals surface area contributed by atoms with Crippen LogP contribution < -0.4 is 5.32 Å². The van der Waals surface area contributed by atoms with E-state index in [1.54, 1.807) is 11.3 Å². The van der Waals surface area contributed by atoms with E-state index in [1.807, 2.05) is 13.1 Å². The first-order valence-corrected chi connectivity index (χ1v) is 8.04. The molecule has 0 fully saturated rings. The number of benzene rings is 2. The van der Waals surface area contributed by atoms with Gasteiger partial charge in [-0.1, -0.05) is 48.5 Å². The first kappa shape index (κ1) is 13.1. The predicted octanol–water partition coefficient (Wildman–Crippen LogP) is 5.00. The highest BCUT2D eigenvalue weighted by Gasteiger charge is 2.16. The molecule has 4 rings (SSSR count). The van der Waals surface area contributed by atoms with E-state index in [0.29, 0.717) is 0 Å². The quantitative estimate of drug-likeness (QED) is 0.559. The number of nitrogens with one attached hydrogen (secondary N) is 2. The summed E-state index contributed by atoms with van der Waals surface area (Å²) in [6, 6.07) is 18.8. The average molecular weight is 305 g/mol. The number of aromatic nitrogens is 2. The minimum atomic E-state index is 0.930. The average Bonchev–Trinajstić information content (AvgIpc) is 3.19. The molecule has 0 aliphatic rings. The molecule has 0 amide bonds. The number of thiazole rings is 1. The summed E-state index contributed by atoms with van der Waals surface area (Å²) in [4.78, 5) is 8.25. The number of anilines is 1. The van der Waals surface area contributed by atoms with Crippen molar-refractivity contribution in [3.05, 3.63) is 60.0 Å². The van der Waals surface area contributed by atoms with Gasteiger partial charge in [-0.25, -0.2) is 4.98 Å². The lowest BCUT2D eigenvalue weighted by Gasteiger charge is -2.02. The van der Waals surface area contributed by atoms with Crippen LogP contribution in [0.3, 0.4) is 0 Å². The van der Waals surface area contributed by atoms with Crippen molar-refractivity contribution < 1.29 is 0 Å². The van der Waals surface area contributed by atoms with Gasteiger partial charge in [-0.05, 0) is 11.6 Å². The Morgan fingerprint density at radius 1 is 1.00 bits per heavy atom. The van der Waals surface area contributed by atoms with Crippen molar-refractivity contribution in [3.8, 4) is 22.5 Å². The van der Waals surface area contributed by atoms with E-state index in [-0.39, 0.29) is 0 Å². The molecule has 2 aromatic heterocycles. The van der Waals surface area contributed by atoms with E-state index in [9.17, 15) is 0 Å². The van der Waals surface area contributed by atoms with Gasteiger partial charge in [-0.2, -0.15) is 0 Å². The number of H-pyrrole nitrogens is 1. The van der Waals surface area contributed by atoms with Crippen molar-refractivity contribution in [1.29, 1.82) is 0 Å². The summed E-state index contributed by atoms with van der Waals surface area (Å²) >= 11 is 1.62. The Bertz CT molecular complexity index is 922. The second-order valence-electron chi connectivity index (χ2n) is 5.07. The van der Waals surface area contributed by atoms with Crippen LogP contribution in [-0.4, -0.2) is 17.0 Å². The molecule has 0 aliphatic carbocycles. The third kappa shape index (κ3) is 2.09. The Labute approximate surface area is 132 Å². The topological polar surface area (TPSA) is 40.7 Å². The first-order valence-electron chi connectivity index (χ1n) is 7.16. The molecule has 0 aliphatic heterocycles. The second-order valence-corrected chi connectivity index (χ2v) is 5.93. The fourth-order valence-electron chi connectivity index (χ4n) is 2.73. The summed E-state index contributed by atoms with van der Waals surface area (Å²) in [6.45, 7) is 0. The van der Waals surface area contributed by atoms with Gasteiger partial charge in [-0.15, -0.1) is 11.3 Å². The fraction of sp³-hybridized carbons (Fsp3) is 0.0556. The van der Waals surface area contributed by atoms with Crippen LogP contribution in [0.1, 0.15) is 0 Å². The summed E-state index contributed by atoms with van der Waals surface area (Å²) in [6.07, 6.45) is 0. The number of nitrogens with zero attached hydrogens (tertiary/aromatic N) is 1. The van der Waals surface area contributed by atoms with Crippen molar-refractivity contribution in [1.82, 2.24) is 9.97 Å². The molecule has 0 radical (unpaired) electrons. The third-order valence-corrected chi connectivity index (χ3v) is 4.60. The van der Waals surface area contributed by atoms with Crippen LogP contribution in [0.5, 0.6) is 0 Å². The number of para-hydroxylation sites is 1. The van der Waals surface area contributed by atoms with E-state index in [4.69, 9.17) is 4.98 Å². The lowest BCUT2D eigenvalue weighted by atomic mass is 10.0. The lowest BCUT2D eigenvalue weighted by molar-refractivity contribution is 1.36. The van der Waals surface area contributed by atoms with Crippen molar-refractivity contribution in [2.75, 3.05) is 12.4 Å². The Morgan fingerprint density at radius 2 is 1.77 bits per heavy atom. The third-order valence-electron chi connectivity index (χ3n) is 3.74. The number of hydrogen-bond donors (Lipinski definition) is 2. The normalized spacial score (nSPS) is 11.0. The van der Waals surface area contributed by atoms with Crippen molar-refractivity contribution in [3.63, 3.8) is 0 Å². The lowest BCUT2D eigenvalue weighted by Crippen LogP contribution is -1.87. The molecule has 0 spiro atoms. The molecule has 22 heavy (non-hydrogen) atoms. The van der Waals surface area contributed by atoms with Gasteiger partial charge in [-0.3, -0.25) is 0 Å². The van der Waals surface area contributed by atoms with Gasteiger partial charge >= 0.3 is 0 Å². The standard InChI is InChI=1S/C18H15N3S/c1-19-18-21-15(11-22-18)16-13-9-5-6-10-14(13)20-17(16)12-7-3-2-4-8-12/h2-11,20H,1H3,(H,19,21). The second kappa shape index (κ2) is 5.31. The molecular formula is C18H15N3S. The zero-order chi connectivity index (χ0) is 14.9. The first-order chi connectivity index (χ1) is 10.9. The molecule has 0 saturated carbocycles. The minimum absolute atomic E-state index is 0.930. The van der Waals surface area contributed by atoms with Crippen LogP contribution in [0.2, 0.25) is 0 Å². The molecule has 4 aromatic rings. The van der Waals surface area contributed by atoms with Crippen LogP contribution in [0.4, 0.5) is 5.13 Å². The number of hydrogen-bond acceptors (Lipinski definition) is 3. The molecule has 108 valence electrons. The van der Waals surface area contributed by atoms with Gasteiger partial charge in [0.1, 0.15) is 0 Å². The van der Waals surface area contributed by atoms with Gasteiger partial charge in [0.05, 0.1) is 11.4 Å². The zero-order valence-electron chi connectivity index (χ0n) is 12.1. The molecular weight excluding hydrogens is 290 g/mol. The van der Waals surface area contributed by atoms with Crippen molar-refractivity contribution in [2.24, 2.45) is 0 Å². The minimum Gasteiger partial charge on any atom is -0.365 e. The maximum Gasteiger partial charge on any atom is 0.182 e. The smallest absolute Gasteiger partial charge is 0.182 e. The zero-order valence-corrected chi connectivity index (χ0v) is 12.9.